The molecular weight excluding hydrogens is 302 g/mol. The van der Waals surface area contributed by atoms with Crippen molar-refractivity contribution in [2.24, 2.45) is 0 Å². The average molecular weight is 325 g/mol. The summed E-state index contributed by atoms with van der Waals surface area (Å²) in [7, 11) is 0. The largest absolute Gasteiger partial charge is 0.491 e. The van der Waals surface area contributed by atoms with Gasteiger partial charge in [-0.2, -0.15) is 0 Å². The minimum absolute atomic E-state index is 0.00886. The van der Waals surface area contributed by atoms with E-state index in [0.717, 1.165) is 23.6 Å². The monoisotopic (exact) mass is 325 g/mol. The summed E-state index contributed by atoms with van der Waals surface area (Å²) in [6.45, 7) is 7.71. The predicted molar refractivity (Wildman–Crippen MR) is 94.8 cm³/mol. The number of carbonyl (C=O) groups excluding carboxylic acids is 1. The standard InChI is InChI=1S/C20H23NO3/c1-20(2,3)15-7-4-6-14(10-15)19(22)21-16-8-5-9-17(11-16)23-12-18-13-24-18/h4-11,18H,12-13H2,1-3H3,(H,21,22). The maximum atomic E-state index is 12.5. The molecule has 1 unspecified atom stereocenters. The fourth-order valence-corrected chi connectivity index (χ4v) is 2.35. The third kappa shape index (κ3) is 4.36. The van der Waals surface area contributed by atoms with Crippen LogP contribution >= 0.6 is 0 Å². The molecule has 1 heterocycles. The number of benzene rings is 2. The van der Waals surface area contributed by atoms with Gasteiger partial charge in [0.15, 0.2) is 0 Å². The van der Waals surface area contributed by atoms with Gasteiger partial charge in [-0.25, -0.2) is 0 Å². The van der Waals surface area contributed by atoms with Gasteiger partial charge in [0, 0.05) is 17.3 Å². The second-order valence-corrected chi connectivity index (χ2v) is 7.08. The van der Waals surface area contributed by atoms with E-state index in [1.807, 2.05) is 48.5 Å². The van der Waals surface area contributed by atoms with Crippen molar-refractivity contribution in [2.45, 2.75) is 32.3 Å². The molecule has 1 amide bonds. The predicted octanol–water partition coefficient (Wildman–Crippen LogP) is 4.01. The zero-order chi connectivity index (χ0) is 17.2. The van der Waals surface area contributed by atoms with Crippen LogP contribution in [-0.2, 0) is 10.2 Å². The van der Waals surface area contributed by atoms with Gasteiger partial charge in [0.1, 0.15) is 18.5 Å². The molecule has 2 aromatic carbocycles. The van der Waals surface area contributed by atoms with Crippen molar-refractivity contribution < 1.29 is 14.3 Å². The van der Waals surface area contributed by atoms with E-state index >= 15 is 0 Å². The number of nitrogens with one attached hydrogen (secondary N) is 1. The molecule has 1 aliphatic rings. The van der Waals surface area contributed by atoms with Crippen molar-refractivity contribution in [1.82, 2.24) is 0 Å². The van der Waals surface area contributed by atoms with Gasteiger partial charge in [0.2, 0.25) is 0 Å². The lowest BCUT2D eigenvalue weighted by atomic mass is 9.86. The fourth-order valence-electron chi connectivity index (χ4n) is 2.35. The highest BCUT2D eigenvalue weighted by atomic mass is 16.6. The first-order valence-corrected chi connectivity index (χ1v) is 8.18. The zero-order valence-corrected chi connectivity index (χ0v) is 14.3. The van der Waals surface area contributed by atoms with Crippen LogP contribution < -0.4 is 10.1 Å². The summed E-state index contributed by atoms with van der Waals surface area (Å²) in [5, 5.41) is 2.93. The van der Waals surface area contributed by atoms with Gasteiger partial charge in [0.25, 0.3) is 5.91 Å². The molecular formula is C20H23NO3. The first-order valence-electron chi connectivity index (χ1n) is 8.18. The van der Waals surface area contributed by atoms with Gasteiger partial charge in [-0.05, 0) is 35.2 Å². The Balaban J connectivity index is 1.69. The molecule has 1 aliphatic heterocycles. The van der Waals surface area contributed by atoms with E-state index in [2.05, 4.69) is 26.1 Å². The summed E-state index contributed by atoms with van der Waals surface area (Å²) in [5.74, 6) is 0.607. The Labute approximate surface area is 142 Å². The number of hydrogen-bond acceptors (Lipinski definition) is 3. The number of anilines is 1. The number of epoxide rings is 1. The highest BCUT2D eigenvalue weighted by Crippen LogP contribution is 2.24. The van der Waals surface area contributed by atoms with Gasteiger partial charge in [0.05, 0.1) is 6.61 Å². The summed E-state index contributed by atoms with van der Waals surface area (Å²) >= 11 is 0. The topological polar surface area (TPSA) is 50.9 Å². The number of carbonyl (C=O) groups is 1. The van der Waals surface area contributed by atoms with Crippen molar-refractivity contribution in [1.29, 1.82) is 0 Å². The van der Waals surface area contributed by atoms with Crippen molar-refractivity contribution in [3.63, 3.8) is 0 Å². The van der Waals surface area contributed by atoms with Gasteiger partial charge >= 0.3 is 0 Å². The molecule has 126 valence electrons. The number of amides is 1. The van der Waals surface area contributed by atoms with Crippen LogP contribution in [0.2, 0.25) is 0 Å². The van der Waals surface area contributed by atoms with Crippen LogP contribution in [0.1, 0.15) is 36.7 Å². The van der Waals surface area contributed by atoms with Crippen LogP contribution in [0.3, 0.4) is 0 Å². The Morgan fingerprint density at radius 3 is 2.67 bits per heavy atom. The second-order valence-electron chi connectivity index (χ2n) is 7.08. The highest BCUT2D eigenvalue weighted by molar-refractivity contribution is 6.04. The van der Waals surface area contributed by atoms with Crippen LogP contribution in [-0.4, -0.2) is 25.2 Å². The summed E-state index contributed by atoms with van der Waals surface area (Å²) in [5.41, 5.74) is 2.52. The molecule has 1 N–H and O–H groups in total. The molecule has 4 heteroatoms. The summed E-state index contributed by atoms with van der Waals surface area (Å²) in [6, 6.07) is 15.2. The van der Waals surface area contributed by atoms with E-state index in [0.29, 0.717) is 12.2 Å². The fraction of sp³-hybridized carbons (Fsp3) is 0.350. The molecule has 0 aromatic heterocycles. The second kappa shape index (κ2) is 6.65. The van der Waals surface area contributed by atoms with Crippen molar-refractivity contribution in [3.05, 3.63) is 59.7 Å². The molecule has 2 aromatic rings. The van der Waals surface area contributed by atoms with E-state index in [-0.39, 0.29) is 17.4 Å². The van der Waals surface area contributed by atoms with E-state index in [1.54, 1.807) is 0 Å². The molecule has 0 spiro atoms. The lowest BCUT2D eigenvalue weighted by Gasteiger charge is -2.19. The normalized spacial score (nSPS) is 16.5. The van der Waals surface area contributed by atoms with Crippen LogP contribution in [0.25, 0.3) is 0 Å². The van der Waals surface area contributed by atoms with Gasteiger partial charge in [-0.15, -0.1) is 0 Å². The third-order valence-electron chi connectivity index (χ3n) is 3.92. The van der Waals surface area contributed by atoms with Crippen LogP contribution in [0, 0.1) is 0 Å². The molecule has 1 saturated heterocycles. The van der Waals surface area contributed by atoms with Crippen LogP contribution in [0.5, 0.6) is 5.75 Å². The van der Waals surface area contributed by atoms with Crippen molar-refractivity contribution in [2.75, 3.05) is 18.5 Å². The Hall–Kier alpha value is -2.33. The molecule has 4 nitrogen and oxygen atoms in total. The quantitative estimate of drug-likeness (QED) is 0.845. The van der Waals surface area contributed by atoms with Crippen LogP contribution in [0.15, 0.2) is 48.5 Å². The van der Waals surface area contributed by atoms with Gasteiger partial charge in [-0.3, -0.25) is 4.79 Å². The Kier molecular flexibility index (Phi) is 4.58. The number of rotatable bonds is 5. The van der Waals surface area contributed by atoms with Gasteiger partial charge < -0.3 is 14.8 Å². The lowest BCUT2D eigenvalue weighted by molar-refractivity contribution is 0.102. The SMILES string of the molecule is CC(C)(C)c1cccc(C(=O)Nc2cccc(OCC3CO3)c2)c1. The minimum atomic E-state index is -0.122. The van der Waals surface area contributed by atoms with Crippen molar-refractivity contribution in [3.8, 4) is 5.75 Å². The maximum absolute atomic E-state index is 12.5. The Morgan fingerprint density at radius 1 is 1.21 bits per heavy atom. The lowest BCUT2D eigenvalue weighted by Crippen LogP contribution is -2.15. The first kappa shape index (κ1) is 16.5. The zero-order valence-electron chi connectivity index (χ0n) is 14.3. The molecule has 1 fully saturated rings. The van der Waals surface area contributed by atoms with Gasteiger partial charge in [-0.1, -0.05) is 39.0 Å². The molecule has 0 aliphatic carbocycles. The molecule has 1 atom stereocenters. The molecule has 3 rings (SSSR count). The summed E-state index contributed by atoms with van der Waals surface area (Å²) < 4.78 is 10.8. The summed E-state index contributed by atoms with van der Waals surface area (Å²) in [6.07, 6.45) is 0.211. The van der Waals surface area contributed by atoms with E-state index in [4.69, 9.17) is 9.47 Å². The van der Waals surface area contributed by atoms with Crippen LogP contribution in [0.4, 0.5) is 5.69 Å². The van der Waals surface area contributed by atoms with E-state index in [9.17, 15) is 4.79 Å². The Morgan fingerprint density at radius 2 is 1.96 bits per heavy atom. The number of hydrogen-bond donors (Lipinski definition) is 1. The Bertz CT molecular complexity index is 730. The smallest absolute Gasteiger partial charge is 0.255 e. The molecule has 24 heavy (non-hydrogen) atoms. The van der Waals surface area contributed by atoms with Crippen molar-refractivity contribution >= 4 is 11.6 Å². The molecule has 0 saturated carbocycles. The van der Waals surface area contributed by atoms with E-state index in [1.165, 1.54) is 0 Å². The third-order valence-corrected chi connectivity index (χ3v) is 3.92. The average Bonchev–Trinajstić information content (AvgIpc) is 3.37. The molecule has 0 bridgehead atoms. The minimum Gasteiger partial charge on any atom is -0.491 e. The molecule has 0 radical (unpaired) electrons. The highest BCUT2D eigenvalue weighted by Gasteiger charge is 2.23. The number of ether oxygens (including phenoxy) is 2. The first-order chi connectivity index (χ1) is 11.4. The summed E-state index contributed by atoms with van der Waals surface area (Å²) in [4.78, 5) is 12.5. The maximum Gasteiger partial charge on any atom is 0.255 e. The van der Waals surface area contributed by atoms with E-state index < -0.39 is 0 Å².